The van der Waals surface area contributed by atoms with Crippen LogP contribution in [0, 0.1) is 0 Å². The van der Waals surface area contributed by atoms with Gasteiger partial charge in [0, 0.05) is 39.3 Å². The van der Waals surface area contributed by atoms with E-state index in [1.807, 2.05) is 31.1 Å². The molecule has 0 aliphatic carbocycles. The minimum absolute atomic E-state index is 0.0428. The van der Waals surface area contributed by atoms with Crippen molar-refractivity contribution in [2.24, 2.45) is 0 Å². The molecule has 2 aromatic heterocycles. The van der Waals surface area contributed by atoms with Gasteiger partial charge in [0.2, 0.25) is 0 Å². The van der Waals surface area contributed by atoms with Crippen molar-refractivity contribution in [2.45, 2.75) is 12.5 Å². The molecule has 22 heavy (non-hydrogen) atoms. The summed E-state index contributed by atoms with van der Waals surface area (Å²) in [6.07, 6.45) is 3.87. The first-order valence-electron chi connectivity index (χ1n) is 7.14. The SMILES string of the molecule is CN(C)c1ncccc1O[C@@H]1CCN(C(=O)c2ccon2)C1. The maximum atomic E-state index is 12.2. The topological polar surface area (TPSA) is 71.7 Å². The van der Waals surface area contributed by atoms with Crippen LogP contribution < -0.4 is 9.64 Å². The molecule has 0 radical (unpaired) electrons. The molecule has 1 aliphatic heterocycles. The number of carbonyl (C=O) groups is 1. The Bertz CT molecular complexity index is 642. The van der Waals surface area contributed by atoms with Crippen LogP contribution in [-0.4, -0.2) is 54.2 Å². The second kappa shape index (κ2) is 6.05. The zero-order valence-corrected chi connectivity index (χ0v) is 12.6. The van der Waals surface area contributed by atoms with Crippen LogP contribution in [-0.2, 0) is 0 Å². The highest BCUT2D eigenvalue weighted by Crippen LogP contribution is 2.26. The Labute approximate surface area is 128 Å². The van der Waals surface area contributed by atoms with Gasteiger partial charge >= 0.3 is 0 Å². The summed E-state index contributed by atoms with van der Waals surface area (Å²) in [5.41, 5.74) is 0.330. The van der Waals surface area contributed by atoms with Crippen molar-refractivity contribution in [2.75, 3.05) is 32.1 Å². The van der Waals surface area contributed by atoms with Crippen LogP contribution in [0.5, 0.6) is 5.75 Å². The summed E-state index contributed by atoms with van der Waals surface area (Å²) >= 11 is 0. The van der Waals surface area contributed by atoms with Gasteiger partial charge in [-0.05, 0) is 12.1 Å². The normalized spacial score (nSPS) is 17.5. The molecule has 0 unspecified atom stereocenters. The summed E-state index contributed by atoms with van der Waals surface area (Å²) in [7, 11) is 3.84. The lowest BCUT2D eigenvalue weighted by Crippen LogP contribution is -2.31. The van der Waals surface area contributed by atoms with Gasteiger partial charge in [-0.2, -0.15) is 0 Å². The molecular formula is C15H18N4O3. The minimum Gasteiger partial charge on any atom is -0.485 e. The third kappa shape index (κ3) is 2.88. The molecule has 7 nitrogen and oxygen atoms in total. The van der Waals surface area contributed by atoms with Crippen LogP contribution in [0.1, 0.15) is 16.9 Å². The van der Waals surface area contributed by atoms with E-state index in [-0.39, 0.29) is 12.0 Å². The van der Waals surface area contributed by atoms with Crippen molar-refractivity contribution in [1.29, 1.82) is 0 Å². The van der Waals surface area contributed by atoms with Gasteiger partial charge in [-0.3, -0.25) is 4.79 Å². The number of hydrogen-bond donors (Lipinski definition) is 0. The molecule has 1 amide bonds. The second-order valence-corrected chi connectivity index (χ2v) is 5.38. The van der Waals surface area contributed by atoms with Gasteiger partial charge in [0.15, 0.2) is 17.3 Å². The van der Waals surface area contributed by atoms with E-state index in [2.05, 4.69) is 10.1 Å². The number of rotatable bonds is 4. The predicted molar refractivity (Wildman–Crippen MR) is 80.0 cm³/mol. The molecule has 116 valence electrons. The second-order valence-electron chi connectivity index (χ2n) is 5.38. The number of carbonyl (C=O) groups excluding carboxylic acids is 1. The van der Waals surface area contributed by atoms with E-state index in [0.29, 0.717) is 18.8 Å². The average molecular weight is 302 g/mol. The summed E-state index contributed by atoms with van der Waals surface area (Å²) in [6, 6.07) is 5.31. The molecule has 0 N–H and O–H groups in total. The predicted octanol–water partition coefficient (Wildman–Crippen LogP) is 1.43. The van der Waals surface area contributed by atoms with E-state index in [1.54, 1.807) is 17.2 Å². The lowest BCUT2D eigenvalue weighted by molar-refractivity contribution is 0.0762. The molecule has 3 heterocycles. The van der Waals surface area contributed by atoms with Crippen LogP contribution in [0.2, 0.25) is 0 Å². The number of hydrogen-bond acceptors (Lipinski definition) is 6. The molecule has 1 atom stereocenters. The van der Waals surface area contributed by atoms with Crippen LogP contribution >= 0.6 is 0 Å². The Balaban J connectivity index is 1.65. The zero-order valence-electron chi connectivity index (χ0n) is 12.6. The third-order valence-corrected chi connectivity index (χ3v) is 3.56. The van der Waals surface area contributed by atoms with Gasteiger partial charge in [0.05, 0.1) is 6.54 Å². The fraction of sp³-hybridized carbons (Fsp3) is 0.400. The van der Waals surface area contributed by atoms with E-state index in [0.717, 1.165) is 18.0 Å². The molecular weight excluding hydrogens is 284 g/mol. The van der Waals surface area contributed by atoms with E-state index in [9.17, 15) is 4.79 Å². The van der Waals surface area contributed by atoms with Crippen LogP contribution in [0.4, 0.5) is 5.82 Å². The Kier molecular flexibility index (Phi) is 3.95. The summed E-state index contributed by atoms with van der Waals surface area (Å²) in [5, 5.41) is 3.68. The van der Waals surface area contributed by atoms with Crippen molar-refractivity contribution in [1.82, 2.24) is 15.0 Å². The number of likely N-dealkylation sites (tertiary alicyclic amines) is 1. The maximum absolute atomic E-state index is 12.2. The molecule has 1 aliphatic rings. The van der Waals surface area contributed by atoms with Gasteiger partial charge in [-0.1, -0.05) is 5.16 Å². The molecule has 1 fully saturated rings. The zero-order chi connectivity index (χ0) is 15.5. The summed E-state index contributed by atoms with van der Waals surface area (Å²) in [6.45, 7) is 1.18. The summed E-state index contributed by atoms with van der Waals surface area (Å²) < 4.78 is 10.7. The number of amides is 1. The fourth-order valence-corrected chi connectivity index (χ4v) is 2.48. The Morgan fingerprint density at radius 2 is 2.32 bits per heavy atom. The third-order valence-electron chi connectivity index (χ3n) is 3.56. The lowest BCUT2D eigenvalue weighted by atomic mass is 10.3. The maximum Gasteiger partial charge on any atom is 0.276 e. The standard InChI is InChI=1S/C15H18N4O3/c1-18(2)14-13(4-3-7-16-14)22-11-5-8-19(10-11)15(20)12-6-9-21-17-12/h3-4,6-7,9,11H,5,8,10H2,1-2H3/t11-/m1/s1. The first-order chi connectivity index (χ1) is 10.6. The van der Waals surface area contributed by atoms with Gasteiger partial charge in [0.25, 0.3) is 5.91 Å². The fourth-order valence-electron chi connectivity index (χ4n) is 2.48. The van der Waals surface area contributed by atoms with Gasteiger partial charge in [-0.15, -0.1) is 0 Å². The minimum atomic E-state index is -0.126. The molecule has 1 saturated heterocycles. The number of anilines is 1. The molecule has 0 bridgehead atoms. The summed E-state index contributed by atoms with van der Waals surface area (Å²) in [4.78, 5) is 20.2. The quantitative estimate of drug-likeness (QED) is 0.851. The summed E-state index contributed by atoms with van der Waals surface area (Å²) in [5.74, 6) is 1.39. The number of pyridine rings is 1. The smallest absolute Gasteiger partial charge is 0.276 e. The van der Waals surface area contributed by atoms with Gasteiger partial charge in [0.1, 0.15) is 12.4 Å². The molecule has 0 spiro atoms. The van der Waals surface area contributed by atoms with Crippen molar-refractivity contribution in [3.05, 3.63) is 36.4 Å². The number of nitrogens with zero attached hydrogens (tertiary/aromatic N) is 4. The van der Waals surface area contributed by atoms with Crippen molar-refractivity contribution < 1.29 is 14.1 Å². The van der Waals surface area contributed by atoms with E-state index in [4.69, 9.17) is 9.26 Å². The highest BCUT2D eigenvalue weighted by molar-refractivity contribution is 5.92. The largest absolute Gasteiger partial charge is 0.485 e. The first kappa shape index (κ1) is 14.4. The molecule has 0 aromatic carbocycles. The van der Waals surface area contributed by atoms with Crippen LogP contribution in [0.3, 0.4) is 0 Å². The van der Waals surface area contributed by atoms with E-state index in [1.165, 1.54) is 6.26 Å². The highest BCUT2D eigenvalue weighted by Gasteiger charge is 2.30. The number of aromatic nitrogens is 2. The first-order valence-corrected chi connectivity index (χ1v) is 7.14. The van der Waals surface area contributed by atoms with Crippen molar-refractivity contribution >= 4 is 11.7 Å². The Hall–Kier alpha value is -2.57. The number of ether oxygens (including phenoxy) is 1. The molecule has 7 heteroatoms. The van der Waals surface area contributed by atoms with Crippen molar-refractivity contribution in [3.8, 4) is 5.75 Å². The highest BCUT2D eigenvalue weighted by atomic mass is 16.5. The van der Waals surface area contributed by atoms with E-state index < -0.39 is 0 Å². The van der Waals surface area contributed by atoms with E-state index >= 15 is 0 Å². The van der Waals surface area contributed by atoms with Gasteiger partial charge in [-0.25, -0.2) is 4.98 Å². The molecule has 0 saturated carbocycles. The van der Waals surface area contributed by atoms with Crippen LogP contribution in [0.15, 0.2) is 35.2 Å². The molecule has 2 aromatic rings. The lowest BCUT2D eigenvalue weighted by Gasteiger charge is -2.20. The monoisotopic (exact) mass is 302 g/mol. The molecule has 3 rings (SSSR count). The van der Waals surface area contributed by atoms with Gasteiger partial charge < -0.3 is 19.1 Å². The van der Waals surface area contributed by atoms with Crippen LogP contribution in [0.25, 0.3) is 0 Å². The Morgan fingerprint density at radius 1 is 1.45 bits per heavy atom. The Morgan fingerprint density at radius 3 is 3.05 bits per heavy atom. The van der Waals surface area contributed by atoms with Crippen molar-refractivity contribution in [3.63, 3.8) is 0 Å². The average Bonchev–Trinajstić information content (AvgIpc) is 3.18.